The Labute approximate surface area is 104 Å². The lowest BCUT2D eigenvalue weighted by atomic mass is 10.2. The highest BCUT2D eigenvalue weighted by Crippen LogP contribution is 2.11. The number of hydrogen-bond donors (Lipinski definition) is 1. The van der Waals surface area contributed by atoms with Crippen LogP contribution in [-0.4, -0.2) is 30.5 Å². The van der Waals surface area contributed by atoms with Crippen molar-refractivity contribution in [2.24, 2.45) is 0 Å². The minimum absolute atomic E-state index is 0.127. The van der Waals surface area contributed by atoms with Gasteiger partial charge in [0.1, 0.15) is 0 Å². The van der Waals surface area contributed by atoms with Crippen molar-refractivity contribution < 1.29 is 14.3 Å². The number of aromatic nitrogens is 1. The molecule has 0 saturated heterocycles. The van der Waals surface area contributed by atoms with Crippen molar-refractivity contribution in [3.63, 3.8) is 0 Å². The summed E-state index contributed by atoms with van der Waals surface area (Å²) in [7, 11) is 1.31. The molecular weight excluding hydrogens is 240 g/mol. The van der Waals surface area contributed by atoms with Gasteiger partial charge in [0.2, 0.25) is 5.91 Å². The summed E-state index contributed by atoms with van der Waals surface area (Å²) in [4.78, 5) is 27.5. The molecule has 1 aromatic rings. The van der Waals surface area contributed by atoms with Crippen LogP contribution in [0.5, 0.6) is 0 Å². The Kier molecular flexibility index (Phi) is 5.62. The maximum absolute atomic E-state index is 11.3. The first kappa shape index (κ1) is 13.6. The van der Waals surface area contributed by atoms with Gasteiger partial charge < -0.3 is 10.1 Å². The number of rotatable bonds is 6. The number of carbonyl (C=O) groups is 2. The zero-order chi connectivity index (χ0) is 12.7. The van der Waals surface area contributed by atoms with Crippen LogP contribution < -0.4 is 5.32 Å². The molecule has 0 radical (unpaired) electrons. The average Bonchev–Trinajstić information content (AvgIpc) is 2.72. The van der Waals surface area contributed by atoms with Crippen LogP contribution in [0.25, 0.3) is 0 Å². The van der Waals surface area contributed by atoms with E-state index in [4.69, 9.17) is 0 Å². The molecule has 0 fully saturated rings. The summed E-state index contributed by atoms with van der Waals surface area (Å²) in [5.74, 6) is -0.490. The molecule has 0 aliphatic heterocycles. The summed E-state index contributed by atoms with van der Waals surface area (Å²) in [6, 6.07) is 0. The van der Waals surface area contributed by atoms with Crippen LogP contribution in [-0.2, 0) is 20.7 Å². The third-order valence-corrected chi connectivity index (χ3v) is 3.30. The van der Waals surface area contributed by atoms with Gasteiger partial charge in [-0.2, -0.15) is 0 Å². The molecule has 17 heavy (non-hydrogen) atoms. The van der Waals surface area contributed by atoms with Crippen molar-refractivity contribution in [3.8, 4) is 0 Å². The number of hydrogen-bond acceptors (Lipinski definition) is 5. The summed E-state index contributed by atoms with van der Waals surface area (Å²) in [5, 5.41) is 2.76. The first-order chi connectivity index (χ1) is 8.13. The van der Waals surface area contributed by atoms with E-state index in [9.17, 15) is 9.59 Å². The summed E-state index contributed by atoms with van der Waals surface area (Å²) in [5.41, 5.74) is 2.81. The molecule has 1 amide bonds. The van der Waals surface area contributed by atoms with Gasteiger partial charge in [0.05, 0.1) is 24.7 Å². The molecule has 0 unspecified atom stereocenters. The van der Waals surface area contributed by atoms with Crippen LogP contribution in [0.3, 0.4) is 0 Å². The second-order valence-electron chi connectivity index (χ2n) is 3.54. The molecule has 0 spiro atoms. The molecule has 94 valence electrons. The molecule has 6 heteroatoms. The molecule has 0 atom stereocenters. The van der Waals surface area contributed by atoms with Crippen LogP contribution in [0.1, 0.15) is 23.4 Å². The van der Waals surface area contributed by atoms with E-state index in [1.54, 1.807) is 16.8 Å². The number of esters is 1. The van der Waals surface area contributed by atoms with Gasteiger partial charge in [-0.05, 0) is 6.92 Å². The number of ether oxygens (including phenoxy) is 1. The number of nitrogens with one attached hydrogen (secondary N) is 1. The van der Waals surface area contributed by atoms with Crippen LogP contribution in [0.15, 0.2) is 5.51 Å². The van der Waals surface area contributed by atoms with E-state index in [0.29, 0.717) is 6.54 Å². The second-order valence-corrected chi connectivity index (χ2v) is 4.48. The molecule has 0 saturated carbocycles. The number of carbonyl (C=O) groups excluding carboxylic acids is 2. The first-order valence-electron chi connectivity index (χ1n) is 5.36. The van der Waals surface area contributed by atoms with Crippen LogP contribution in [0, 0.1) is 6.92 Å². The number of methoxy groups -OCH3 is 1. The van der Waals surface area contributed by atoms with Gasteiger partial charge in [-0.1, -0.05) is 0 Å². The van der Waals surface area contributed by atoms with Gasteiger partial charge in [0, 0.05) is 24.3 Å². The van der Waals surface area contributed by atoms with Crippen LogP contribution in [0.4, 0.5) is 0 Å². The molecule has 1 N–H and O–H groups in total. The Bertz CT molecular complexity index is 390. The van der Waals surface area contributed by atoms with Gasteiger partial charge in [0.25, 0.3) is 0 Å². The minimum atomic E-state index is -0.363. The van der Waals surface area contributed by atoms with Gasteiger partial charge in [-0.25, -0.2) is 4.98 Å². The van der Waals surface area contributed by atoms with Crippen LogP contribution >= 0.6 is 11.3 Å². The first-order valence-corrected chi connectivity index (χ1v) is 6.24. The number of thiazole rings is 1. The highest BCUT2D eigenvalue weighted by molar-refractivity contribution is 7.09. The van der Waals surface area contributed by atoms with E-state index in [0.717, 1.165) is 12.1 Å². The van der Waals surface area contributed by atoms with Crippen molar-refractivity contribution in [3.05, 3.63) is 16.1 Å². The van der Waals surface area contributed by atoms with Crippen LogP contribution in [0.2, 0.25) is 0 Å². The van der Waals surface area contributed by atoms with Crippen molar-refractivity contribution >= 4 is 23.2 Å². The Hall–Kier alpha value is -1.43. The van der Waals surface area contributed by atoms with Crippen molar-refractivity contribution in [2.45, 2.75) is 26.2 Å². The zero-order valence-electron chi connectivity index (χ0n) is 9.99. The smallest absolute Gasteiger partial charge is 0.306 e. The zero-order valence-corrected chi connectivity index (χ0v) is 10.8. The molecule has 0 aliphatic carbocycles. The molecule has 0 aromatic carbocycles. The van der Waals surface area contributed by atoms with Gasteiger partial charge in [0.15, 0.2) is 0 Å². The van der Waals surface area contributed by atoms with Gasteiger partial charge in [-0.3, -0.25) is 9.59 Å². The Morgan fingerprint density at radius 3 is 2.82 bits per heavy atom. The van der Waals surface area contributed by atoms with E-state index in [2.05, 4.69) is 15.0 Å². The fourth-order valence-corrected chi connectivity index (χ4v) is 2.07. The monoisotopic (exact) mass is 256 g/mol. The van der Waals surface area contributed by atoms with Crippen molar-refractivity contribution in [1.82, 2.24) is 10.3 Å². The number of nitrogens with zero attached hydrogens (tertiary/aromatic N) is 1. The molecule has 5 nitrogen and oxygen atoms in total. The highest BCUT2D eigenvalue weighted by atomic mass is 32.1. The summed E-state index contributed by atoms with van der Waals surface area (Å²) < 4.78 is 4.45. The lowest BCUT2D eigenvalue weighted by Gasteiger charge is -2.03. The third kappa shape index (κ3) is 4.95. The topological polar surface area (TPSA) is 68.3 Å². The molecule has 0 aliphatic rings. The lowest BCUT2D eigenvalue weighted by molar-refractivity contribution is -0.142. The molecular formula is C11H16N2O3S. The second kappa shape index (κ2) is 7.01. The average molecular weight is 256 g/mol. The van der Waals surface area contributed by atoms with Gasteiger partial charge >= 0.3 is 5.97 Å². The standard InChI is InChI=1S/C11H16N2O3S/c1-8-9(17-7-13-8)5-6-12-10(14)3-4-11(15)16-2/h7H,3-6H2,1-2H3,(H,12,14). The lowest BCUT2D eigenvalue weighted by Crippen LogP contribution is -2.26. The molecule has 0 bridgehead atoms. The van der Waals surface area contributed by atoms with Crippen molar-refractivity contribution in [1.29, 1.82) is 0 Å². The van der Waals surface area contributed by atoms with E-state index >= 15 is 0 Å². The van der Waals surface area contributed by atoms with E-state index < -0.39 is 0 Å². The fourth-order valence-electron chi connectivity index (χ4n) is 1.29. The summed E-state index contributed by atoms with van der Waals surface area (Å²) in [6.07, 6.45) is 1.08. The number of amides is 1. The predicted octanol–water partition coefficient (Wildman–Crippen LogP) is 1.06. The molecule has 1 rings (SSSR count). The maximum Gasteiger partial charge on any atom is 0.306 e. The normalized spacial score (nSPS) is 10.0. The number of aryl methyl sites for hydroxylation is 1. The predicted molar refractivity (Wildman–Crippen MR) is 64.8 cm³/mol. The van der Waals surface area contributed by atoms with Crippen molar-refractivity contribution in [2.75, 3.05) is 13.7 Å². The highest BCUT2D eigenvalue weighted by Gasteiger charge is 2.07. The maximum atomic E-state index is 11.3. The minimum Gasteiger partial charge on any atom is -0.469 e. The Morgan fingerprint density at radius 1 is 1.47 bits per heavy atom. The Balaban J connectivity index is 2.16. The SMILES string of the molecule is COC(=O)CCC(=O)NCCc1scnc1C. The van der Waals surface area contributed by atoms with E-state index in [1.165, 1.54) is 12.0 Å². The van der Waals surface area contributed by atoms with E-state index in [-0.39, 0.29) is 24.7 Å². The van der Waals surface area contributed by atoms with Gasteiger partial charge in [-0.15, -0.1) is 11.3 Å². The largest absolute Gasteiger partial charge is 0.469 e. The molecule has 1 aromatic heterocycles. The quantitative estimate of drug-likeness (QED) is 0.773. The summed E-state index contributed by atoms with van der Waals surface area (Å²) >= 11 is 1.59. The third-order valence-electron chi connectivity index (χ3n) is 2.30. The Morgan fingerprint density at radius 2 is 2.24 bits per heavy atom. The van der Waals surface area contributed by atoms with E-state index in [1.807, 2.05) is 6.92 Å². The summed E-state index contributed by atoms with van der Waals surface area (Å²) in [6.45, 7) is 2.52. The fraction of sp³-hybridized carbons (Fsp3) is 0.545. The molecule has 1 heterocycles.